The van der Waals surface area contributed by atoms with Crippen LogP contribution in [0.15, 0.2) is 54.6 Å². The summed E-state index contributed by atoms with van der Waals surface area (Å²) in [5, 5.41) is 12.8. The molecule has 0 saturated carbocycles. The van der Waals surface area contributed by atoms with E-state index in [2.05, 4.69) is 21.3 Å². The number of hydrogen-bond acceptors (Lipinski definition) is 9. The van der Waals surface area contributed by atoms with Gasteiger partial charge >= 0.3 is 18.3 Å². The molecule has 3 aliphatic heterocycles. The maximum absolute atomic E-state index is 14.0. The number of ether oxygens (including phenoxy) is 3. The Morgan fingerprint density at radius 1 is 0.556 bits per heavy atom. The van der Waals surface area contributed by atoms with Gasteiger partial charge in [-0.1, -0.05) is 33.1 Å². The van der Waals surface area contributed by atoms with Crippen molar-refractivity contribution in [2.45, 2.75) is 170 Å². The van der Waals surface area contributed by atoms with E-state index in [1.807, 2.05) is 74.4 Å². The fraction of sp³-hybridized carbons (Fsp3) is 0.625. The minimum absolute atomic E-state index is 0. The van der Waals surface area contributed by atoms with Gasteiger partial charge in [0.2, 0.25) is 0 Å². The van der Waals surface area contributed by atoms with Gasteiger partial charge < -0.3 is 46.1 Å². The summed E-state index contributed by atoms with van der Waals surface area (Å²) in [7, 11) is 0. The van der Waals surface area contributed by atoms with Crippen molar-refractivity contribution in [2.75, 3.05) is 39.3 Å². The first-order valence-electron chi connectivity index (χ1n) is 24.8. The monoisotopic (exact) mass is 1080 g/mol. The van der Waals surface area contributed by atoms with Gasteiger partial charge in [-0.3, -0.25) is 0 Å². The van der Waals surface area contributed by atoms with Crippen molar-refractivity contribution >= 4 is 18.3 Å². The molecule has 0 unspecified atom stereocenters. The zero-order valence-electron chi connectivity index (χ0n) is 42.7. The average Bonchev–Trinajstić information content (AvgIpc) is 3.79. The van der Waals surface area contributed by atoms with Crippen molar-refractivity contribution in [3.8, 4) is 0 Å². The van der Waals surface area contributed by atoms with Crippen LogP contribution in [-0.2, 0) is 66.2 Å². The molecule has 3 aromatic rings. The molecule has 3 fully saturated rings. The number of hydrogen-bond donors (Lipinski definition) is 5. The molecule has 72 heavy (non-hydrogen) atoms. The van der Waals surface area contributed by atoms with Crippen LogP contribution in [0.4, 0.5) is 27.6 Å². The Kier molecular flexibility index (Phi) is 20.1. The number of alkyl carbamates (subject to hydrolysis) is 2. The summed E-state index contributed by atoms with van der Waals surface area (Å²) in [5.41, 5.74) is 10.6. The summed E-state index contributed by atoms with van der Waals surface area (Å²) in [5.74, 6) is -0.751. The van der Waals surface area contributed by atoms with Gasteiger partial charge in [0.25, 0.3) is 0 Å². The van der Waals surface area contributed by atoms with E-state index in [4.69, 9.17) is 19.9 Å². The Bertz CT molecular complexity index is 2350. The number of nitrogens with zero attached hydrogens (tertiary/aromatic N) is 1. The average molecular weight is 1080 g/mol. The summed E-state index contributed by atoms with van der Waals surface area (Å²) in [6.07, 6.45) is 6.85. The summed E-state index contributed by atoms with van der Waals surface area (Å²) in [4.78, 5) is 39.0. The van der Waals surface area contributed by atoms with Crippen LogP contribution in [0.5, 0.6) is 0 Å². The van der Waals surface area contributed by atoms with E-state index in [0.29, 0.717) is 25.9 Å². The first-order chi connectivity index (χ1) is 32.3. The van der Waals surface area contributed by atoms with Gasteiger partial charge in [0.15, 0.2) is 0 Å². The van der Waals surface area contributed by atoms with Crippen molar-refractivity contribution in [1.82, 2.24) is 26.2 Å². The predicted molar refractivity (Wildman–Crippen MR) is 273 cm³/mol. The molecular formula is C56H83F3N6O6Y. The van der Waals surface area contributed by atoms with Crippen LogP contribution < -0.4 is 27.0 Å². The fourth-order valence-corrected chi connectivity index (χ4v) is 11.5. The molecule has 3 aromatic carbocycles. The van der Waals surface area contributed by atoms with E-state index >= 15 is 0 Å². The minimum Gasteiger partial charge on any atom is -0.444 e. The number of carbonyl (C=O) groups excluding carboxylic acids is 3. The Morgan fingerprint density at radius 3 is 1.28 bits per heavy atom. The van der Waals surface area contributed by atoms with Crippen molar-refractivity contribution < 1.29 is 74.5 Å². The Labute approximate surface area is 452 Å². The Balaban J connectivity index is 0.000000239. The van der Waals surface area contributed by atoms with Crippen LogP contribution >= 0.6 is 0 Å². The topological polar surface area (TPSA) is 156 Å². The number of rotatable bonds is 2. The number of nitrogens with two attached hydrogens (primary N) is 1. The maximum Gasteiger partial charge on any atom is 0.410 e. The zero-order valence-corrected chi connectivity index (χ0v) is 45.6. The zero-order chi connectivity index (χ0) is 50.2. The van der Waals surface area contributed by atoms with E-state index < -0.39 is 29.0 Å². The van der Waals surface area contributed by atoms with Crippen LogP contribution in [0.3, 0.4) is 0 Å². The third-order valence-electron chi connectivity index (χ3n) is 14.7. The van der Waals surface area contributed by atoms with Gasteiger partial charge in [-0.2, -0.15) is 0 Å². The molecule has 0 aromatic heterocycles. The van der Waals surface area contributed by atoms with E-state index in [9.17, 15) is 27.6 Å². The fourth-order valence-electron chi connectivity index (χ4n) is 11.5. The molecule has 3 amide bonds. The minimum atomic E-state index is -0.624. The van der Waals surface area contributed by atoms with Crippen LogP contribution in [0, 0.1) is 33.7 Å². The van der Waals surface area contributed by atoms with Gasteiger partial charge in [0, 0.05) is 62.7 Å². The standard InChI is InChI=1S/C23H33FN2O4.C18H25FN2O2.C13H17FN2.2CH4.Y/c1-21(2,3)29-19(27)25-18-17-13-16(24)8-7-15(17)14-23(18)9-11-26(12-10-23)20(28)30-22(4,5)6;1-17(2,3)23-16(22)21-15-14-10-13(19)5-4-12(14)11-18(15)6-8-20-9-7-18;14-10-2-1-9-8-13(3-5-16-6-4-13)12(15)11(9)7-10;;;/h7-8,13,18H,9-12,14H2,1-6H3,(H,25,27);4-5,10,15,20H,6-9,11H2,1-3H3,(H,21,22);1-2,7,12,16H,3-6,8,15H2;2*1H4;/t18-;15-;12-;;;/m111.../s1. The Hall–Kier alpha value is -3.76. The van der Waals surface area contributed by atoms with Gasteiger partial charge in [-0.05, 0) is 221 Å². The number of piperidine rings is 3. The van der Waals surface area contributed by atoms with Crippen molar-refractivity contribution in [2.24, 2.45) is 22.0 Å². The largest absolute Gasteiger partial charge is 0.444 e. The summed E-state index contributed by atoms with van der Waals surface area (Å²) >= 11 is 0. The molecule has 16 heteroatoms. The van der Waals surface area contributed by atoms with E-state index in [-0.39, 0.29) is 105 Å². The number of likely N-dealkylation sites (tertiary alicyclic amines) is 1. The van der Waals surface area contributed by atoms with Gasteiger partial charge in [-0.25, -0.2) is 27.6 Å². The third-order valence-corrected chi connectivity index (χ3v) is 14.7. The molecule has 3 aliphatic carbocycles. The summed E-state index contributed by atoms with van der Waals surface area (Å²) in [6.45, 7) is 21.4. The first kappa shape index (κ1) is 60.8. The number of amides is 3. The van der Waals surface area contributed by atoms with Crippen LogP contribution in [-0.4, -0.2) is 79.3 Å². The van der Waals surface area contributed by atoms with E-state index in [1.165, 1.54) is 23.8 Å². The molecule has 3 atom stereocenters. The van der Waals surface area contributed by atoms with Gasteiger partial charge in [0.1, 0.15) is 34.3 Å². The second kappa shape index (κ2) is 23.8. The van der Waals surface area contributed by atoms with Crippen LogP contribution in [0.2, 0.25) is 0 Å². The van der Waals surface area contributed by atoms with Crippen molar-refractivity contribution in [1.29, 1.82) is 0 Å². The van der Waals surface area contributed by atoms with Crippen LogP contribution in [0.1, 0.15) is 167 Å². The number of nitrogens with one attached hydrogen (secondary N) is 4. The first-order valence-corrected chi connectivity index (χ1v) is 24.8. The molecular weight excluding hydrogens is 999 g/mol. The summed E-state index contributed by atoms with van der Waals surface area (Å²) < 4.78 is 57.4. The number of fused-ring (bicyclic) bond motifs is 3. The summed E-state index contributed by atoms with van der Waals surface area (Å²) in [6, 6.07) is 14.2. The predicted octanol–water partition coefficient (Wildman–Crippen LogP) is 11.3. The molecule has 3 spiro atoms. The van der Waals surface area contributed by atoms with Gasteiger partial charge in [-0.15, -0.1) is 0 Å². The second-order valence-electron chi connectivity index (χ2n) is 23.3. The number of carbonyl (C=O) groups is 3. The second-order valence-corrected chi connectivity index (χ2v) is 23.3. The smallest absolute Gasteiger partial charge is 0.410 e. The van der Waals surface area contributed by atoms with Crippen molar-refractivity contribution in [3.05, 3.63) is 105 Å². The van der Waals surface area contributed by atoms with Crippen molar-refractivity contribution in [3.63, 3.8) is 0 Å². The van der Waals surface area contributed by atoms with Crippen LogP contribution in [0.25, 0.3) is 0 Å². The Morgan fingerprint density at radius 2 is 0.889 bits per heavy atom. The molecule has 6 aliphatic rings. The van der Waals surface area contributed by atoms with E-state index in [1.54, 1.807) is 29.2 Å². The molecule has 0 bridgehead atoms. The van der Waals surface area contributed by atoms with Gasteiger partial charge in [0.05, 0.1) is 12.1 Å². The normalized spacial score (nSPS) is 21.8. The molecule has 12 nitrogen and oxygen atoms in total. The molecule has 397 valence electrons. The third kappa shape index (κ3) is 14.5. The maximum atomic E-state index is 14.0. The molecule has 3 saturated heterocycles. The molecule has 6 N–H and O–H groups in total. The molecule has 1 radical (unpaired) electrons. The number of benzene rings is 3. The number of halogens is 3. The van der Waals surface area contributed by atoms with E-state index in [0.717, 1.165) is 98.9 Å². The molecule has 3 heterocycles. The quantitative estimate of drug-likeness (QED) is 0.158. The SMILES string of the molecule is C.C.CC(C)(C)OC(=O)N[C@@H]1c2cc(F)ccc2CC12CCN(C(=O)OC(C)(C)C)CC2.CC(C)(C)OC(=O)N[C@@H]1c2cc(F)ccc2CC12CCNCC2.N[C@@H]1c2cc(F)ccc2CC12CCNCC2.[Y]. The molecule has 9 rings (SSSR count).